The standard InChI is InChI=1S/C8H11F3N4OS/c1-16-6-4-5(14-7(12)15-6)13-2-3-17-8(9,10)11/h4H,2-3H2,1H3,(H3,12,13,14,15). The number of nitrogens with one attached hydrogen (secondary N) is 1. The van der Waals surface area contributed by atoms with E-state index in [0.29, 0.717) is 5.82 Å². The maximum atomic E-state index is 11.8. The second-order valence-corrected chi connectivity index (χ2v) is 4.03. The van der Waals surface area contributed by atoms with Crippen molar-refractivity contribution in [3.63, 3.8) is 0 Å². The first-order valence-corrected chi connectivity index (χ1v) is 5.52. The van der Waals surface area contributed by atoms with Gasteiger partial charge in [-0.05, 0) is 11.8 Å². The summed E-state index contributed by atoms with van der Waals surface area (Å²) in [5.41, 5.74) is 1.16. The van der Waals surface area contributed by atoms with Gasteiger partial charge in [0, 0.05) is 18.4 Å². The largest absolute Gasteiger partial charge is 0.481 e. The molecule has 0 aliphatic heterocycles. The van der Waals surface area contributed by atoms with Crippen LogP contribution < -0.4 is 15.8 Å². The fourth-order valence-corrected chi connectivity index (χ4v) is 1.42. The van der Waals surface area contributed by atoms with Gasteiger partial charge in [0.1, 0.15) is 5.82 Å². The molecule has 1 aromatic heterocycles. The van der Waals surface area contributed by atoms with Crippen molar-refractivity contribution in [1.82, 2.24) is 9.97 Å². The van der Waals surface area contributed by atoms with Crippen molar-refractivity contribution in [2.75, 3.05) is 30.5 Å². The molecule has 0 amide bonds. The van der Waals surface area contributed by atoms with Crippen LogP contribution in [0.3, 0.4) is 0 Å². The summed E-state index contributed by atoms with van der Waals surface area (Å²) in [5.74, 6) is 0.464. The fourth-order valence-electron chi connectivity index (χ4n) is 0.984. The predicted molar refractivity (Wildman–Crippen MR) is 60.0 cm³/mol. The van der Waals surface area contributed by atoms with Crippen LogP contribution in [-0.2, 0) is 0 Å². The number of nitrogens with zero attached hydrogens (tertiary/aromatic N) is 2. The monoisotopic (exact) mass is 268 g/mol. The third-order valence-corrected chi connectivity index (χ3v) is 2.34. The lowest BCUT2D eigenvalue weighted by Gasteiger charge is -2.08. The molecule has 0 unspecified atom stereocenters. The van der Waals surface area contributed by atoms with Gasteiger partial charge >= 0.3 is 5.51 Å². The van der Waals surface area contributed by atoms with Crippen molar-refractivity contribution in [1.29, 1.82) is 0 Å². The minimum atomic E-state index is -4.22. The van der Waals surface area contributed by atoms with Crippen LogP contribution in [0.25, 0.3) is 0 Å². The number of anilines is 2. The lowest BCUT2D eigenvalue weighted by atomic mass is 10.5. The summed E-state index contributed by atoms with van der Waals surface area (Å²) in [7, 11) is 1.41. The van der Waals surface area contributed by atoms with Crippen LogP contribution in [0.5, 0.6) is 5.88 Å². The Morgan fingerprint density at radius 3 is 2.76 bits per heavy atom. The summed E-state index contributed by atoms with van der Waals surface area (Å²) >= 11 is -0.101. The van der Waals surface area contributed by atoms with E-state index in [2.05, 4.69) is 15.3 Å². The molecular weight excluding hydrogens is 257 g/mol. The molecular formula is C8H11F3N4OS. The van der Waals surface area contributed by atoms with Gasteiger partial charge in [-0.2, -0.15) is 23.1 Å². The molecule has 3 N–H and O–H groups in total. The summed E-state index contributed by atoms with van der Waals surface area (Å²) in [4.78, 5) is 7.54. The number of aromatic nitrogens is 2. The Bertz CT molecular complexity index is 374. The highest BCUT2D eigenvalue weighted by Gasteiger charge is 2.27. The molecule has 0 fully saturated rings. The average Bonchev–Trinajstić information content (AvgIpc) is 2.22. The highest BCUT2D eigenvalue weighted by molar-refractivity contribution is 8.00. The number of hydrogen-bond donors (Lipinski definition) is 2. The molecule has 0 saturated heterocycles. The van der Waals surface area contributed by atoms with Crippen molar-refractivity contribution >= 4 is 23.5 Å². The van der Waals surface area contributed by atoms with Gasteiger partial charge in [0.05, 0.1) is 7.11 Å². The van der Waals surface area contributed by atoms with Crippen LogP contribution in [-0.4, -0.2) is 34.9 Å². The van der Waals surface area contributed by atoms with E-state index in [4.69, 9.17) is 10.5 Å². The highest BCUT2D eigenvalue weighted by Crippen LogP contribution is 2.29. The minimum absolute atomic E-state index is 0.00433. The van der Waals surface area contributed by atoms with Crippen LogP contribution >= 0.6 is 11.8 Å². The maximum Gasteiger partial charge on any atom is 0.441 e. The number of nitrogens with two attached hydrogens (primary N) is 1. The van der Waals surface area contributed by atoms with E-state index in [-0.39, 0.29) is 35.9 Å². The molecule has 0 bridgehead atoms. The van der Waals surface area contributed by atoms with Gasteiger partial charge < -0.3 is 15.8 Å². The molecule has 0 saturated carbocycles. The second-order valence-electron chi connectivity index (χ2n) is 2.87. The van der Waals surface area contributed by atoms with Crippen LogP contribution in [0, 0.1) is 0 Å². The number of thioether (sulfide) groups is 1. The summed E-state index contributed by atoms with van der Waals surface area (Å²) in [5, 5.41) is 2.70. The Morgan fingerprint density at radius 2 is 2.18 bits per heavy atom. The molecule has 1 rings (SSSR count). The van der Waals surface area contributed by atoms with Gasteiger partial charge in [-0.3, -0.25) is 0 Å². The molecule has 0 atom stereocenters. The van der Waals surface area contributed by atoms with E-state index in [1.54, 1.807) is 0 Å². The number of hydrogen-bond acceptors (Lipinski definition) is 6. The second kappa shape index (κ2) is 5.80. The Kier molecular flexibility index (Phi) is 4.67. The molecule has 1 heterocycles. The van der Waals surface area contributed by atoms with Gasteiger partial charge in [-0.1, -0.05) is 0 Å². The van der Waals surface area contributed by atoms with Crippen molar-refractivity contribution in [2.45, 2.75) is 5.51 Å². The van der Waals surface area contributed by atoms with Gasteiger partial charge in [0.15, 0.2) is 0 Å². The number of methoxy groups -OCH3 is 1. The Labute approximate surface area is 100.0 Å². The molecule has 1 aromatic rings. The molecule has 0 aliphatic rings. The summed E-state index contributed by atoms with van der Waals surface area (Å²) in [6.07, 6.45) is 0. The molecule has 0 radical (unpaired) electrons. The normalized spacial score (nSPS) is 11.3. The van der Waals surface area contributed by atoms with Crippen molar-refractivity contribution in [3.05, 3.63) is 6.07 Å². The van der Waals surface area contributed by atoms with E-state index in [1.807, 2.05) is 0 Å². The molecule has 96 valence electrons. The first-order chi connectivity index (χ1) is 7.90. The van der Waals surface area contributed by atoms with Crippen LogP contribution in [0.1, 0.15) is 0 Å². The lowest BCUT2D eigenvalue weighted by molar-refractivity contribution is -0.0327. The van der Waals surface area contributed by atoms with E-state index < -0.39 is 5.51 Å². The molecule has 0 aliphatic carbocycles. The predicted octanol–water partition coefficient (Wildman–Crippen LogP) is 1.73. The van der Waals surface area contributed by atoms with Crippen LogP contribution in [0.2, 0.25) is 0 Å². The first-order valence-electron chi connectivity index (χ1n) is 4.54. The number of alkyl halides is 3. The van der Waals surface area contributed by atoms with Gasteiger partial charge in [0.2, 0.25) is 11.8 Å². The summed E-state index contributed by atoms with van der Waals surface area (Å²) in [6.45, 7) is 0.115. The SMILES string of the molecule is COc1cc(NCCSC(F)(F)F)nc(N)n1. The minimum Gasteiger partial charge on any atom is -0.481 e. The molecule has 5 nitrogen and oxygen atoms in total. The first kappa shape index (κ1) is 13.7. The maximum absolute atomic E-state index is 11.8. The third-order valence-electron chi connectivity index (χ3n) is 1.60. The highest BCUT2D eigenvalue weighted by atomic mass is 32.2. The zero-order valence-electron chi connectivity index (χ0n) is 8.91. The lowest BCUT2D eigenvalue weighted by Crippen LogP contribution is -2.11. The molecule has 17 heavy (non-hydrogen) atoms. The van der Waals surface area contributed by atoms with Crippen LogP contribution in [0.15, 0.2) is 6.07 Å². The van der Waals surface area contributed by atoms with Gasteiger partial charge in [0.25, 0.3) is 0 Å². The number of halogens is 3. The van der Waals surface area contributed by atoms with Crippen molar-refractivity contribution in [2.24, 2.45) is 0 Å². The average molecular weight is 268 g/mol. The Balaban J connectivity index is 2.44. The van der Waals surface area contributed by atoms with E-state index >= 15 is 0 Å². The Hall–Kier alpha value is -1.38. The molecule has 0 spiro atoms. The summed E-state index contributed by atoms with van der Waals surface area (Å²) < 4.78 is 40.3. The Morgan fingerprint density at radius 1 is 1.47 bits per heavy atom. The van der Waals surface area contributed by atoms with Crippen molar-refractivity contribution in [3.8, 4) is 5.88 Å². The van der Waals surface area contributed by atoms with E-state index in [0.717, 1.165) is 0 Å². The molecule has 9 heteroatoms. The number of rotatable bonds is 5. The van der Waals surface area contributed by atoms with Crippen LogP contribution in [0.4, 0.5) is 24.9 Å². The van der Waals surface area contributed by atoms with Crippen molar-refractivity contribution < 1.29 is 17.9 Å². The number of nitrogen functional groups attached to an aromatic ring is 1. The van der Waals surface area contributed by atoms with E-state index in [9.17, 15) is 13.2 Å². The van der Waals surface area contributed by atoms with E-state index in [1.165, 1.54) is 13.2 Å². The third kappa shape index (κ3) is 5.48. The van der Waals surface area contributed by atoms with Gasteiger partial charge in [-0.15, -0.1) is 0 Å². The fraction of sp³-hybridized carbons (Fsp3) is 0.500. The topological polar surface area (TPSA) is 73.1 Å². The zero-order chi connectivity index (χ0) is 12.9. The summed E-state index contributed by atoms with van der Waals surface area (Å²) in [6, 6.07) is 1.45. The zero-order valence-corrected chi connectivity index (χ0v) is 9.73. The smallest absolute Gasteiger partial charge is 0.441 e. The van der Waals surface area contributed by atoms with Gasteiger partial charge in [-0.25, -0.2) is 0 Å². The molecule has 0 aromatic carbocycles. The number of ether oxygens (including phenoxy) is 1. The quantitative estimate of drug-likeness (QED) is 0.792.